The monoisotopic (exact) mass is 236 g/mol. The van der Waals surface area contributed by atoms with Gasteiger partial charge in [-0.15, -0.1) is 0 Å². The number of urea groups is 1. The van der Waals surface area contributed by atoms with Crippen molar-refractivity contribution >= 4 is 11.8 Å². The number of anilines is 1. The second-order valence-corrected chi connectivity index (χ2v) is 4.49. The van der Waals surface area contributed by atoms with E-state index in [9.17, 15) is 4.79 Å². The second kappa shape index (κ2) is 4.37. The predicted molar refractivity (Wildman–Crippen MR) is 61.8 cm³/mol. The number of nitrogens with zero attached hydrogens (tertiary/aromatic N) is 3. The maximum atomic E-state index is 12.2. The molecule has 0 saturated carbocycles. The van der Waals surface area contributed by atoms with E-state index in [-0.39, 0.29) is 6.03 Å². The van der Waals surface area contributed by atoms with Gasteiger partial charge in [0, 0.05) is 31.7 Å². The van der Waals surface area contributed by atoms with E-state index in [2.05, 4.69) is 10.5 Å². The van der Waals surface area contributed by atoms with Crippen LogP contribution < -0.4 is 10.2 Å². The minimum atomic E-state index is 0.0487. The van der Waals surface area contributed by atoms with Crippen molar-refractivity contribution in [2.24, 2.45) is 0 Å². The fourth-order valence-electron chi connectivity index (χ4n) is 2.55. The van der Waals surface area contributed by atoms with Gasteiger partial charge >= 0.3 is 6.03 Å². The Morgan fingerprint density at radius 2 is 2.41 bits per heavy atom. The maximum Gasteiger partial charge on any atom is 0.326 e. The highest BCUT2D eigenvalue weighted by Gasteiger charge is 2.35. The normalized spacial score (nSPS) is 25.6. The first-order valence-electron chi connectivity index (χ1n) is 6.05. The molecule has 0 bridgehead atoms. The van der Waals surface area contributed by atoms with Gasteiger partial charge in [0.1, 0.15) is 6.26 Å². The van der Waals surface area contributed by atoms with Crippen LogP contribution in [0.4, 0.5) is 10.6 Å². The lowest BCUT2D eigenvalue weighted by atomic mass is 10.1. The predicted octanol–water partition coefficient (Wildman–Crippen LogP) is 0.669. The number of carbonyl (C=O) groups is 1. The van der Waals surface area contributed by atoms with E-state index in [1.54, 1.807) is 11.0 Å². The molecule has 2 aliphatic heterocycles. The summed E-state index contributed by atoms with van der Waals surface area (Å²) < 4.78 is 4.78. The van der Waals surface area contributed by atoms with Gasteiger partial charge in [0.05, 0.1) is 0 Å². The molecule has 2 amide bonds. The van der Waals surface area contributed by atoms with Crippen LogP contribution in [0.5, 0.6) is 0 Å². The SMILES string of the molecule is O=C1N(c2ccon2)CCN1C1CCCNC1. The number of amides is 2. The number of hydrogen-bond acceptors (Lipinski definition) is 4. The number of rotatable bonds is 2. The van der Waals surface area contributed by atoms with Crippen LogP contribution in [0.15, 0.2) is 16.9 Å². The molecule has 6 nitrogen and oxygen atoms in total. The van der Waals surface area contributed by atoms with E-state index < -0.39 is 0 Å². The summed E-state index contributed by atoms with van der Waals surface area (Å²) in [5.74, 6) is 0.612. The number of aromatic nitrogens is 1. The summed E-state index contributed by atoms with van der Waals surface area (Å²) >= 11 is 0. The molecule has 3 rings (SSSR count). The van der Waals surface area contributed by atoms with E-state index in [1.165, 1.54) is 6.26 Å². The molecular formula is C11H16N4O2. The molecule has 0 aromatic carbocycles. The van der Waals surface area contributed by atoms with Crippen LogP contribution in [-0.2, 0) is 0 Å². The van der Waals surface area contributed by atoms with Gasteiger partial charge in [-0.3, -0.25) is 4.90 Å². The lowest BCUT2D eigenvalue weighted by Gasteiger charge is -2.31. The minimum Gasteiger partial charge on any atom is -0.363 e. The topological polar surface area (TPSA) is 61.6 Å². The van der Waals surface area contributed by atoms with Gasteiger partial charge in [-0.1, -0.05) is 5.16 Å². The third-order valence-corrected chi connectivity index (χ3v) is 3.45. The summed E-state index contributed by atoms with van der Waals surface area (Å²) in [5.41, 5.74) is 0. The van der Waals surface area contributed by atoms with Gasteiger partial charge < -0.3 is 14.7 Å². The lowest BCUT2D eigenvalue weighted by molar-refractivity contribution is 0.187. The highest BCUT2D eigenvalue weighted by atomic mass is 16.5. The summed E-state index contributed by atoms with van der Waals surface area (Å²) in [6.07, 6.45) is 3.72. The quantitative estimate of drug-likeness (QED) is 0.819. The first-order chi connectivity index (χ1) is 8.36. The summed E-state index contributed by atoms with van der Waals surface area (Å²) in [7, 11) is 0. The molecule has 1 aromatic heterocycles. The van der Waals surface area contributed by atoms with Gasteiger partial charge in [0.15, 0.2) is 5.82 Å². The first-order valence-corrected chi connectivity index (χ1v) is 6.05. The zero-order chi connectivity index (χ0) is 11.7. The molecular weight excluding hydrogens is 220 g/mol. The molecule has 1 aromatic rings. The fraction of sp³-hybridized carbons (Fsp3) is 0.636. The van der Waals surface area contributed by atoms with Crippen molar-refractivity contribution in [2.45, 2.75) is 18.9 Å². The van der Waals surface area contributed by atoms with Crippen molar-refractivity contribution in [3.63, 3.8) is 0 Å². The molecule has 2 fully saturated rings. The molecule has 1 N–H and O–H groups in total. The van der Waals surface area contributed by atoms with Gasteiger partial charge in [-0.2, -0.15) is 0 Å². The Kier molecular flexibility index (Phi) is 2.72. The third kappa shape index (κ3) is 1.88. The zero-order valence-corrected chi connectivity index (χ0v) is 9.63. The van der Waals surface area contributed by atoms with Gasteiger partial charge in [-0.25, -0.2) is 4.79 Å². The van der Waals surface area contributed by atoms with Crippen molar-refractivity contribution < 1.29 is 9.32 Å². The van der Waals surface area contributed by atoms with Gasteiger partial charge in [-0.05, 0) is 19.4 Å². The fourth-order valence-corrected chi connectivity index (χ4v) is 2.55. The average Bonchev–Trinajstić information content (AvgIpc) is 2.99. The molecule has 6 heteroatoms. The molecule has 0 aliphatic carbocycles. The Hall–Kier alpha value is -1.56. The van der Waals surface area contributed by atoms with Crippen LogP contribution in [0.1, 0.15) is 12.8 Å². The molecule has 3 heterocycles. The Morgan fingerprint density at radius 3 is 3.12 bits per heavy atom. The zero-order valence-electron chi connectivity index (χ0n) is 9.63. The van der Waals surface area contributed by atoms with E-state index in [1.807, 2.05) is 4.90 Å². The maximum absolute atomic E-state index is 12.2. The second-order valence-electron chi connectivity index (χ2n) is 4.49. The Labute approximate surface area is 99.5 Å². The van der Waals surface area contributed by atoms with Crippen molar-refractivity contribution in [1.82, 2.24) is 15.4 Å². The number of hydrogen-bond donors (Lipinski definition) is 1. The summed E-state index contributed by atoms with van der Waals surface area (Å²) in [6.45, 7) is 3.43. The smallest absolute Gasteiger partial charge is 0.326 e. The summed E-state index contributed by atoms with van der Waals surface area (Å²) in [4.78, 5) is 15.9. The lowest BCUT2D eigenvalue weighted by Crippen LogP contribution is -2.47. The first kappa shape index (κ1) is 10.6. The van der Waals surface area contributed by atoms with Crippen LogP contribution in [-0.4, -0.2) is 48.3 Å². The van der Waals surface area contributed by atoms with Gasteiger partial charge in [0.25, 0.3) is 0 Å². The molecule has 2 saturated heterocycles. The number of carbonyl (C=O) groups excluding carboxylic acids is 1. The molecule has 2 aliphatic rings. The van der Waals surface area contributed by atoms with Crippen molar-refractivity contribution in [2.75, 3.05) is 31.1 Å². The van der Waals surface area contributed by atoms with E-state index in [0.717, 1.165) is 32.5 Å². The average molecular weight is 236 g/mol. The van der Waals surface area contributed by atoms with E-state index in [4.69, 9.17) is 4.52 Å². The Morgan fingerprint density at radius 1 is 1.47 bits per heavy atom. The standard InChI is InChI=1S/C11H16N4O2/c16-11-14(9-2-1-4-12-8-9)5-6-15(11)10-3-7-17-13-10/h3,7,9,12H,1-2,4-6,8H2. The van der Waals surface area contributed by atoms with Crippen LogP contribution in [0, 0.1) is 0 Å². The van der Waals surface area contributed by atoms with Crippen molar-refractivity contribution in [3.8, 4) is 0 Å². The highest BCUT2D eigenvalue weighted by Crippen LogP contribution is 2.21. The highest BCUT2D eigenvalue weighted by molar-refractivity contribution is 5.93. The molecule has 92 valence electrons. The third-order valence-electron chi connectivity index (χ3n) is 3.45. The van der Waals surface area contributed by atoms with Crippen LogP contribution in [0.2, 0.25) is 0 Å². The van der Waals surface area contributed by atoms with Crippen molar-refractivity contribution in [1.29, 1.82) is 0 Å². The number of piperidine rings is 1. The molecule has 0 radical (unpaired) electrons. The van der Waals surface area contributed by atoms with Crippen LogP contribution in [0.25, 0.3) is 0 Å². The number of nitrogens with one attached hydrogen (secondary N) is 1. The van der Waals surface area contributed by atoms with Gasteiger partial charge in [0.2, 0.25) is 0 Å². The van der Waals surface area contributed by atoms with Crippen molar-refractivity contribution in [3.05, 3.63) is 12.3 Å². The molecule has 17 heavy (non-hydrogen) atoms. The molecule has 0 spiro atoms. The van der Waals surface area contributed by atoms with E-state index in [0.29, 0.717) is 18.4 Å². The Balaban J connectivity index is 1.71. The molecule has 1 atom stereocenters. The minimum absolute atomic E-state index is 0.0487. The van der Waals surface area contributed by atoms with E-state index >= 15 is 0 Å². The Bertz CT molecular complexity index is 386. The molecule has 1 unspecified atom stereocenters. The van der Waals surface area contributed by atoms with Crippen LogP contribution >= 0.6 is 0 Å². The largest absolute Gasteiger partial charge is 0.363 e. The summed E-state index contributed by atoms with van der Waals surface area (Å²) in [5, 5.41) is 7.15. The summed E-state index contributed by atoms with van der Waals surface area (Å²) in [6, 6.07) is 2.10. The van der Waals surface area contributed by atoms with Crippen LogP contribution in [0.3, 0.4) is 0 Å².